The summed E-state index contributed by atoms with van der Waals surface area (Å²) in [5, 5.41) is 2.81. The average Bonchev–Trinajstić information content (AvgIpc) is 2.49. The lowest BCUT2D eigenvalue weighted by Crippen LogP contribution is -2.49. The van der Waals surface area contributed by atoms with Gasteiger partial charge in [-0.2, -0.15) is 0 Å². The van der Waals surface area contributed by atoms with Gasteiger partial charge in [-0.05, 0) is 50.9 Å². The van der Waals surface area contributed by atoms with Crippen molar-refractivity contribution < 1.29 is 9.18 Å². The Morgan fingerprint density at radius 2 is 2.29 bits per heavy atom. The minimum atomic E-state index is -0.402. The van der Waals surface area contributed by atoms with Crippen LogP contribution in [0.15, 0.2) is 18.2 Å². The van der Waals surface area contributed by atoms with Crippen LogP contribution in [0.25, 0.3) is 0 Å². The van der Waals surface area contributed by atoms with Crippen molar-refractivity contribution >= 4 is 17.3 Å². The minimum absolute atomic E-state index is 0.0892. The fourth-order valence-electron chi connectivity index (χ4n) is 3.01. The van der Waals surface area contributed by atoms with Crippen molar-refractivity contribution in [2.45, 2.75) is 51.6 Å². The molecular formula is C16H24FN3O. The molecule has 1 amide bonds. The van der Waals surface area contributed by atoms with Gasteiger partial charge in [-0.1, -0.05) is 13.3 Å². The summed E-state index contributed by atoms with van der Waals surface area (Å²) < 4.78 is 13.0. The van der Waals surface area contributed by atoms with E-state index in [0.29, 0.717) is 11.7 Å². The molecule has 1 aliphatic rings. The van der Waals surface area contributed by atoms with Crippen molar-refractivity contribution in [3.05, 3.63) is 24.0 Å². The summed E-state index contributed by atoms with van der Waals surface area (Å²) in [5.74, 6) is -0.491. The van der Waals surface area contributed by atoms with Crippen molar-refractivity contribution in [3.8, 4) is 0 Å². The molecule has 0 saturated carbocycles. The molecule has 0 radical (unpaired) electrons. The Kier molecular flexibility index (Phi) is 5.17. The molecule has 1 aromatic rings. The molecular weight excluding hydrogens is 269 g/mol. The SMILES string of the molecule is CCC1CCCCN1C(C)C(=O)Nc1ccc(F)cc1N. The number of carbonyl (C=O) groups is 1. The molecule has 5 heteroatoms. The predicted octanol–water partition coefficient (Wildman–Crippen LogP) is 3.00. The van der Waals surface area contributed by atoms with E-state index in [4.69, 9.17) is 5.73 Å². The van der Waals surface area contributed by atoms with Crippen molar-refractivity contribution in [2.24, 2.45) is 0 Å². The second kappa shape index (κ2) is 6.89. The number of nitrogen functional groups attached to an aromatic ring is 1. The largest absolute Gasteiger partial charge is 0.397 e. The first-order chi connectivity index (χ1) is 10.0. The molecule has 0 aromatic heterocycles. The van der Waals surface area contributed by atoms with Crippen molar-refractivity contribution in [3.63, 3.8) is 0 Å². The van der Waals surface area contributed by atoms with Gasteiger partial charge < -0.3 is 11.1 Å². The number of rotatable bonds is 4. The van der Waals surface area contributed by atoms with E-state index in [1.807, 2.05) is 6.92 Å². The summed E-state index contributed by atoms with van der Waals surface area (Å²) in [4.78, 5) is 14.7. The van der Waals surface area contributed by atoms with Gasteiger partial charge >= 0.3 is 0 Å². The highest BCUT2D eigenvalue weighted by molar-refractivity contribution is 5.97. The molecule has 0 aliphatic carbocycles. The van der Waals surface area contributed by atoms with Crippen molar-refractivity contribution in [2.75, 3.05) is 17.6 Å². The number of benzene rings is 1. The molecule has 3 N–H and O–H groups in total. The van der Waals surface area contributed by atoms with Gasteiger partial charge in [0.25, 0.3) is 0 Å². The van der Waals surface area contributed by atoms with Gasteiger partial charge in [-0.15, -0.1) is 0 Å². The highest BCUT2D eigenvalue weighted by atomic mass is 19.1. The number of likely N-dealkylation sites (tertiary alicyclic amines) is 1. The fraction of sp³-hybridized carbons (Fsp3) is 0.562. The number of carbonyl (C=O) groups excluding carboxylic acids is 1. The molecule has 1 heterocycles. The van der Waals surface area contributed by atoms with E-state index in [9.17, 15) is 9.18 Å². The molecule has 2 unspecified atom stereocenters. The summed E-state index contributed by atoms with van der Waals surface area (Å²) in [6, 6.07) is 4.27. The van der Waals surface area contributed by atoms with E-state index >= 15 is 0 Å². The Balaban J connectivity index is 2.04. The van der Waals surface area contributed by atoms with Gasteiger partial charge in [-0.25, -0.2) is 4.39 Å². The minimum Gasteiger partial charge on any atom is -0.397 e. The van der Waals surface area contributed by atoms with Crippen LogP contribution in [-0.2, 0) is 4.79 Å². The smallest absolute Gasteiger partial charge is 0.241 e. The van der Waals surface area contributed by atoms with Gasteiger partial charge in [0.2, 0.25) is 5.91 Å². The monoisotopic (exact) mass is 293 g/mol. The highest BCUT2D eigenvalue weighted by Crippen LogP contribution is 2.24. The molecule has 1 aliphatic heterocycles. The third kappa shape index (κ3) is 3.73. The quantitative estimate of drug-likeness (QED) is 0.839. The van der Waals surface area contributed by atoms with E-state index in [2.05, 4.69) is 17.1 Å². The summed E-state index contributed by atoms with van der Waals surface area (Å²) in [5.41, 5.74) is 6.46. The predicted molar refractivity (Wildman–Crippen MR) is 83.5 cm³/mol. The van der Waals surface area contributed by atoms with Crippen LogP contribution in [0.1, 0.15) is 39.5 Å². The van der Waals surface area contributed by atoms with Crippen molar-refractivity contribution in [1.82, 2.24) is 4.90 Å². The molecule has 116 valence electrons. The van der Waals surface area contributed by atoms with Crippen LogP contribution in [-0.4, -0.2) is 29.4 Å². The molecule has 0 spiro atoms. The van der Waals surface area contributed by atoms with Crippen LogP contribution in [0.3, 0.4) is 0 Å². The highest BCUT2D eigenvalue weighted by Gasteiger charge is 2.29. The molecule has 0 bridgehead atoms. The normalized spacial score (nSPS) is 21.0. The topological polar surface area (TPSA) is 58.4 Å². The lowest BCUT2D eigenvalue weighted by molar-refractivity contribution is -0.122. The number of amides is 1. The molecule has 1 aromatic carbocycles. The number of hydrogen-bond donors (Lipinski definition) is 2. The second-order valence-corrected chi connectivity index (χ2v) is 5.69. The zero-order valence-corrected chi connectivity index (χ0v) is 12.7. The molecule has 1 saturated heterocycles. The van der Waals surface area contributed by atoms with Crippen molar-refractivity contribution in [1.29, 1.82) is 0 Å². The Morgan fingerprint density at radius 3 is 2.95 bits per heavy atom. The van der Waals surface area contributed by atoms with Crippen LogP contribution in [0, 0.1) is 5.82 Å². The van der Waals surface area contributed by atoms with Gasteiger partial charge in [0.05, 0.1) is 17.4 Å². The third-order valence-corrected chi connectivity index (χ3v) is 4.29. The number of nitrogens with zero attached hydrogens (tertiary/aromatic N) is 1. The summed E-state index contributed by atoms with van der Waals surface area (Å²) in [6.45, 7) is 5.03. The molecule has 2 rings (SSSR count). The van der Waals surface area contributed by atoms with Gasteiger partial charge in [0, 0.05) is 6.04 Å². The standard InChI is InChI=1S/C16H24FN3O/c1-3-13-6-4-5-9-20(13)11(2)16(21)19-15-8-7-12(17)10-14(15)18/h7-8,10-11,13H,3-6,9,18H2,1-2H3,(H,19,21). The molecule has 2 atom stereocenters. The van der Waals surface area contributed by atoms with Crippen LogP contribution in [0.4, 0.5) is 15.8 Å². The lowest BCUT2D eigenvalue weighted by Gasteiger charge is -2.38. The van der Waals surface area contributed by atoms with Crippen LogP contribution in [0.5, 0.6) is 0 Å². The lowest BCUT2D eigenvalue weighted by atomic mass is 9.98. The Bertz CT molecular complexity index is 506. The molecule has 21 heavy (non-hydrogen) atoms. The Hall–Kier alpha value is -1.62. The van der Waals surface area contributed by atoms with Gasteiger partial charge in [0.15, 0.2) is 0 Å². The van der Waals surface area contributed by atoms with E-state index in [1.54, 1.807) is 0 Å². The first-order valence-corrected chi connectivity index (χ1v) is 7.64. The maximum atomic E-state index is 13.0. The van der Waals surface area contributed by atoms with Crippen LogP contribution >= 0.6 is 0 Å². The summed E-state index contributed by atoms with van der Waals surface area (Å²) in [7, 11) is 0. The third-order valence-electron chi connectivity index (χ3n) is 4.29. The van der Waals surface area contributed by atoms with Crippen LogP contribution in [0.2, 0.25) is 0 Å². The number of halogens is 1. The number of piperidine rings is 1. The first-order valence-electron chi connectivity index (χ1n) is 7.64. The van der Waals surface area contributed by atoms with Gasteiger partial charge in [0.1, 0.15) is 5.82 Å². The zero-order valence-electron chi connectivity index (χ0n) is 12.7. The second-order valence-electron chi connectivity index (χ2n) is 5.69. The molecule has 4 nitrogen and oxygen atoms in total. The first kappa shape index (κ1) is 15.8. The number of nitrogens with one attached hydrogen (secondary N) is 1. The van der Waals surface area contributed by atoms with E-state index in [0.717, 1.165) is 25.8 Å². The van der Waals surface area contributed by atoms with Gasteiger partial charge in [-0.3, -0.25) is 9.69 Å². The Morgan fingerprint density at radius 1 is 1.52 bits per heavy atom. The van der Waals surface area contributed by atoms with E-state index in [1.165, 1.54) is 24.6 Å². The number of anilines is 2. The summed E-state index contributed by atoms with van der Waals surface area (Å²) in [6.07, 6.45) is 4.56. The van der Waals surface area contributed by atoms with E-state index < -0.39 is 5.82 Å². The number of nitrogens with two attached hydrogens (primary N) is 1. The fourth-order valence-corrected chi connectivity index (χ4v) is 3.01. The number of hydrogen-bond acceptors (Lipinski definition) is 3. The van der Waals surface area contributed by atoms with Crippen LogP contribution < -0.4 is 11.1 Å². The zero-order chi connectivity index (χ0) is 15.4. The van der Waals surface area contributed by atoms with E-state index in [-0.39, 0.29) is 17.6 Å². The summed E-state index contributed by atoms with van der Waals surface area (Å²) >= 11 is 0. The maximum absolute atomic E-state index is 13.0. The average molecular weight is 293 g/mol. The molecule has 1 fully saturated rings. The maximum Gasteiger partial charge on any atom is 0.241 e. The Labute approximate surface area is 125 Å².